The van der Waals surface area contributed by atoms with Gasteiger partial charge in [0.2, 0.25) is 0 Å². The molecule has 1 fully saturated rings. The number of aromatic nitrogens is 4. The van der Waals surface area contributed by atoms with Crippen molar-refractivity contribution in [2.45, 2.75) is 97.1 Å². The summed E-state index contributed by atoms with van der Waals surface area (Å²) >= 11 is 0. The number of benzene rings is 1. The lowest BCUT2D eigenvalue weighted by Gasteiger charge is -2.52. The molecular formula is C24H36N6O3. The van der Waals surface area contributed by atoms with Gasteiger partial charge in [0.15, 0.2) is 11.6 Å². The minimum absolute atomic E-state index is 0.0420. The van der Waals surface area contributed by atoms with Crippen LogP contribution in [0.4, 0.5) is 4.79 Å². The molecule has 180 valence electrons. The number of amides is 1. The lowest BCUT2D eigenvalue weighted by atomic mass is 9.80. The molecule has 0 aliphatic carbocycles. The van der Waals surface area contributed by atoms with Crippen LogP contribution in [-0.4, -0.2) is 54.1 Å². The summed E-state index contributed by atoms with van der Waals surface area (Å²) in [6, 6.07) is 8.71. The second kappa shape index (κ2) is 10.4. The largest absolute Gasteiger partial charge is 0.445 e. The summed E-state index contributed by atoms with van der Waals surface area (Å²) in [5.41, 5.74) is 0.965. The molecule has 0 spiro atoms. The molecule has 9 heteroatoms. The van der Waals surface area contributed by atoms with E-state index in [4.69, 9.17) is 4.74 Å². The van der Waals surface area contributed by atoms with E-state index >= 15 is 0 Å². The first-order valence-electron chi connectivity index (χ1n) is 11.6. The first kappa shape index (κ1) is 24.8. The van der Waals surface area contributed by atoms with Gasteiger partial charge in [-0.1, -0.05) is 37.3 Å². The minimum Gasteiger partial charge on any atom is -0.445 e. The van der Waals surface area contributed by atoms with E-state index in [1.807, 2.05) is 37.3 Å². The molecule has 1 atom stereocenters. The second-order valence-corrected chi connectivity index (χ2v) is 9.93. The van der Waals surface area contributed by atoms with Crippen LogP contribution >= 0.6 is 0 Å². The lowest BCUT2D eigenvalue weighted by molar-refractivity contribution is -0.122. The van der Waals surface area contributed by atoms with Crippen molar-refractivity contribution in [3.63, 3.8) is 0 Å². The van der Waals surface area contributed by atoms with E-state index in [1.165, 1.54) is 11.2 Å². The zero-order valence-corrected chi connectivity index (χ0v) is 20.4. The molecule has 1 aliphatic rings. The van der Waals surface area contributed by atoms with Crippen molar-refractivity contribution in [3.8, 4) is 0 Å². The molecule has 1 N–H and O–H groups in total. The zero-order valence-electron chi connectivity index (χ0n) is 20.4. The number of hydrogen-bond acceptors (Lipinski definition) is 7. The number of carbonyl (C=O) groups is 2. The first-order valence-corrected chi connectivity index (χ1v) is 11.6. The molecule has 1 aromatic carbocycles. The molecular weight excluding hydrogens is 420 g/mol. The smallest absolute Gasteiger partial charge is 0.408 e. The number of Topliss-reactive ketones (excluding diaryl/α,β-unsaturated/α-hetero) is 1. The molecule has 0 saturated carbocycles. The van der Waals surface area contributed by atoms with Crippen molar-refractivity contribution >= 4 is 11.9 Å². The van der Waals surface area contributed by atoms with Crippen molar-refractivity contribution in [3.05, 3.63) is 41.7 Å². The van der Waals surface area contributed by atoms with E-state index in [-0.39, 0.29) is 30.0 Å². The van der Waals surface area contributed by atoms with Crippen LogP contribution in [0.1, 0.15) is 71.7 Å². The Hall–Kier alpha value is -2.81. The third-order valence-electron chi connectivity index (χ3n) is 6.43. The fourth-order valence-electron chi connectivity index (χ4n) is 4.59. The number of rotatable bonds is 9. The number of alkyl carbamates (subject to hydrolysis) is 1. The summed E-state index contributed by atoms with van der Waals surface area (Å²) in [6.45, 7) is 11.5. The van der Waals surface area contributed by atoms with E-state index in [9.17, 15) is 9.59 Å². The van der Waals surface area contributed by atoms with Gasteiger partial charge < -0.3 is 10.1 Å². The molecule has 2 aromatic rings. The highest BCUT2D eigenvalue weighted by Gasteiger charge is 2.41. The first-order chi connectivity index (χ1) is 15.6. The van der Waals surface area contributed by atoms with Crippen molar-refractivity contribution < 1.29 is 14.3 Å². The quantitative estimate of drug-likeness (QED) is 0.616. The minimum atomic E-state index is -0.678. The highest BCUT2D eigenvalue weighted by molar-refractivity contribution is 5.87. The Balaban J connectivity index is 1.54. The predicted molar refractivity (Wildman–Crippen MR) is 124 cm³/mol. The third kappa shape index (κ3) is 6.60. The molecule has 9 nitrogen and oxygen atoms in total. The molecule has 0 radical (unpaired) electrons. The molecule has 1 aromatic heterocycles. The molecule has 1 unspecified atom stereocenters. The number of ketones is 1. The Kier molecular flexibility index (Phi) is 7.84. The second-order valence-electron chi connectivity index (χ2n) is 9.93. The van der Waals surface area contributed by atoms with Gasteiger partial charge in [0.05, 0.1) is 12.6 Å². The number of tetrazole rings is 1. The molecule has 1 amide bonds. The summed E-state index contributed by atoms with van der Waals surface area (Å²) in [7, 11) is 0. The van der Waals surface area contributed by atoms with Gasteiger partial charge in [-0.25, -0.2) is 4.79 Å². The van der Waals surface area contributed by atoms with Crippen molar-refractivity contribution in [2.24, 2.45) is 0 Å². The van der Waals surface area contributed by atoms with Crippen LogP contribution in [0.3, 0.4) is 0 Å². The van der Waals surface area contributed by atoms with E-state index < -0.39 is 12.1 Å². The van der Waals surface area contributed by atoms with Crippen molar-refractivity contribution in [2.75, 3.05) is 0 Å². The van der Waals surface area contributed by atoms with Gasteiger partial charge in [0.25, 0.3) is 0 Å². The van der Waals surface area contributed by atoms with Crippen molar-refractivity contribution in [1.82, 2.24) is 30.4 Å². The van der Waals surface area contributed by atoms with E-state index in [0.29, 0.717) is 18.8 Å². The zero-order chi connectivity index (χ0) is 24.1. The van der Waals surface area contributed by atoms with E-state index in [2.05, 4.69) is 53.3 Å². The predicted octanol–water partition coefficient (Wildman–Crippen LogP) is 3.49. The van der Waals surface area contributed by atoms with Crippen LogP contribution in [0.15, 0.2) is 30.3 Å². The highest BCUT2D eigenvalue weighted by atomic mass is 16.5. The van der Waals surface area contributed by atoms with Gasteiger partial charge in [0, 0.05) is 11.1 Å². The Morgan fingerprint density at radius 1 is 1.12 bits per heavy atom. The summed E-state index contributed by atoms with van der Waals surface area (Å²) in [6.07, 6.45) is 3.25. The lowest BCUT2D eigenvalue weighted by Crippen LogP contribution is -2.57. The average Bonchev–Trinajstić information content (AvgIpc) is 3.20. The van der Waals surface area contributed by atoms with Crippen LogP contribution in [0.5, 0.6) is 0 Å². The highest BCUT2D eigenvalue weighted by Crippen LogP contribution is 2.38. The Bertz CT molecular complexity index is 925. The topological polar surface area (TPSA) is 102 Å². The van der Waals surface area contributed by atoms with Gasteiger partial charge in [-0.05, 0) is 64.2 Å². The van der Waals surface area contributed by atoms with Gasteiger partial charge >= 0.3 is 6.09 Å². The summed E-state index contributed by atoms with van der Waals surface area (Å²) in [5, 5.41) is 15.3. The van der Waals surface area contributed by atoms with Crippen LogP contribution in [0.25, 0.3) is 0 Å². The molecule has 2 heterocycles. The molecule has 3 rings (SSSR count). The van der Waals surface area contributed by atoms with Gasteiger partial charge in [0.1, 0.15) is 13.2 Å². The molecule has 1 saturated heterocycles. The van der Waals surface area contributed by atoms with Crippen LogP contribution in [0, 0.1) is 0 Å². The van der Waals surface area contributed by atoms with Gasteiger partial charge in [-0.3, -0.25) is 9.69 Å². The maximum absolute atomic E-state index is 12.7. The van der Waals surface area contributed by atoms with E-state index in [0.717, 1.165) is 18.4 Å². The van der Waals surface area contributed by atoms with Gasteiger partial charge in [-0.2, -0.15) is 4.80 Å². The SMILES string of the molecule is CCC(NC(=O)OCc1ccccc1)C(=O)Cn1nnc(CN2C(C)(C)CCCC2(C)C)n1. The number of nitrogens with zero attached hydrogens (tertiary/aromatic N) is 5. The Labute approximate surface area is 195 Å². The van der Waals surface area contributed by atoms with E-state index in [1.54, 1.807) is 0 Å². The number of hydrogen-bond donors (Lipinski definition) is 1. The van der Waals surface area contributed by atoms with Gasteiger partial charge in [-0.15, -0.1) is 10.2 Å². The average molecular weight is 457 g/mol. The maximum atomic E-state index is 12.7. The fourth-order valence-corrected chi connectivity index (χ4v) is 4.59. The molecule has 1 aliphatic heterocycles. The molecule has 33 heavy (non-hydrogen) atoms. The number of piperidine rings is 1. The van der Waals surface area contributed by atoms with Crippen LogP contribution < -0.4 is 5.32 Å². The van der Waals surface area contributed by atoms with Crippen LogP contribution in [-0.2, 0) is 29.2 Å². The Morgan fingerprint density at radius 3 is 2.42 bits per heavy atom. The maximum Gasteiger partial charge on any atom is 0.408 e. The third-order valence-corrected chi connectivity index (χ3v) is 6.43. The number of carbonyl (C=O) groups excluding carboxylic acids is 2. The standard InChI is InChI=1S/C24H36N6O3/c1-6-19(25-22(32)33-17-18-11-8-7-9-12-18)20(31)15-30-27-21(26-28-30)16-29-23(2,3)13-10-14-24(29,4)5/h7-9,11-12,19H,6,10,13-17H2,1-5H3,(H,25,32). The number of ether oxygens (including phenoxy) is 1. The monoisotopic (exact) mass is 456 g/mol. The normalized spacial score (nSPS) is 18.5. The van der Waals surface area contributed by atoms with Crippen molar-refractivity contribution in [1.29, 1.82) is 0 Å². The summed E-state index contributed by atoms with van der Waals surface area (Å²) < 4.78 is 5.23. The summed E-state index contributed by atoms with van der Waals surface area (Å²) in [4.78, 5) is 28.6. The number of nitrogens with one attached hydrogen (secondary N) is 1. The Morgan fingerprint density at radius 2 is 1.79 bits per heavy atom. The summed E-state index contributed by atoms with van der Waals surface area (Å²) in [5.74, 6) is 0.394. The molecule has 0 bridgehead atoms. The number of likely N-dealkylation sites (tertiary alicyclic amines) is 1. The van der Waals surface area contributed by atoms with Crippen LogP contribution in [0.2, 0.25) is 0 Å². The fraction of sp³-hybridized carbons (Fsp3) is 0.625.